The minimum Gasteiger partial charge on any atom is -0.345 e. The highest BCUT2D eigenvalue weighted by Crippen LogP contribution is 2.25. The van der Waals surface area contributed by atoms with Crippen molar-refractivity contribution >= 4 is 11.8 Å². The zero-order valence-electron chi connectivity index (χ0n) is 19.9. The molecule has 2 aliphatic heterocycles. The normalized spacial score (nSPS) is 20.7. The Hall–Kier alpha value is -2.80. The van der Waals surface area contributed by atoms with Crippen LogP contribution >= 0.6 is 0 Å². The van der Waals surface area contributed by atoms with Crippen LogP contribution in [0.5, 0.6) is 0 Å². The molecule has 4 rings (SSSR count). The number of amides is 2. The second-order valence-corrected chi connectivity index (χ2v) is 9.67. The first-order valence-corrected chi connectivity index (χ1v) is 12.2. The van der Waals surface area contributed by atoms with Gasteiger partial charge in [0.15, 0.2) is 0 Å². The van der Waals surface area contributed by atoms with Crippen LogP contribution in [0.3, 0.4) is 0 Å². The average molecular weight is 470 g/mol. The Kier molecular flexibility index (Phi) is 7.61. The molecule has 0 spiro atoms. The Bertz CT molecular complexity index is 999. The molecule has 0 aliphatic carbocycles. The summed E-state index contributed by atoms with van der Waals surface area (Å²) >= 11 is 0. The second kappa shape index (κ2) is 10.6. The van der Waals surface area contributed by atoms with Crippen LogP contribution in [0.2, 0.25) is 0 Å². The molecule has 2 saturated heterocycles. The number of halogens is 2. The van der Waals surface area contributed by atoms with E-state index in [1.165, 1.54) is 25.8 Å². The first kappa shape index (κ1) is 24.3. The maximum Gasteiger partial charge on any atom is 0.253 e. The van der Waals surface area contributed by atoms with Crippen LogP contribution in [0.25, 0.3) is 0 Å². The molecule has 0 saturated carbocycles. The van der Waals surface area contributed by atoms with E-state index in [4.69, 9.17) is 0 Å². The van der Waals surface area contributed by atoms with Crippen molar-refractivity contribution in [3.63, 3.8) is 0 Å². The smallest absolute Gasteiger partial charge is 0.253 e. The summed E-state index contributed by atoms with van der Waals surface area (Å²) in [4.78, 5) is 30.1. The van der Waals surface area contributed by atoms with Gasteiger partial charge >= 0.3 is 0 Å². The van der Waals surface area contributed by atoms with Gasteiger partial charge in [-0.3, -0.25) is 14.5 Å². The van der Waals surface area contributed by atoms with Gasteiger partial charge in [-0.15, -0.1) is 0 Å². The SMILES string of the molecule is CC(NC(=O)c1ccc(C(=O)N2CCC(N3CCC[C@@H](C)C3)CC2)cc1)c1c(F)cccc1F. The van der Waals surface area contributed by atoms with Gasteiger partial charge < -0.3 is 10.2 Å². The van der Waals surface area contributed by atoms with Crippen molar-refractivity contribution in [2.45, 2.75) is 51.6 Å². The number of likely N-dealkylation sites (tertiary alicyclic amines) is 2. The van der Waals surface area contributed by atoms with Gasteiger partial charge in [-0.25, -0.2) is 8.78 Å². The predicted molar refractivity (Wildman–Crippen MR) is 128 cm³/mol. The van der Waals surface area contributed by atoms with Gasteiger partial charge in [0.25, 0.3) is 11.8 Å². The standard InChI is InChI=1S/C27H33F2N3O2/c1-18-5-4-14-32(17-18)22-12-15-31(16-13-22)27(34)21-10-8-20(9-11-21)26(33)30-19(2)25-23(28)6-3-7-24(25)29/h3,6-11,18-19,22H,4-5,12-17H2,1-2H3,(H,30,33)/t18-,19?/m1/s1. The van der Waals surface area contributed by atoms with Crippen LogP contribution < -0.4 is 5.32 Å². The lowest BCUT2D eigenvalue weighted by molar-refractivity contribution is 0.0541. The Morgan fingerprint density at radius 1 is 0.941 bits per heavy atom. The van der Waals surface area contributed by atoms with E-state index in [1.807, 2.05) is 4.90 Å². The summed E-state index contributed by atoms with van der Waals surface area (Å²) in [6.45, 7) is 7.64. The van der Waals surface area contributed by atoms with E-state index in [9.17, 15) is 18.4 Å². The number of piperidine rings is 2. The van der Waals surface area contributed by atoms with E-state index < -0.39 is 23.6 Å². The van der Waals surface area contributed by atoms with Crippen LogP contribution in [0.15, 0.2) is 42.5 Å². The topological polar surface area (TPSA) is 52.7 Å². The van der Waals surface area contributed by atoms with E-state index in [1.54, 1.807) is 24.3 Å². The molecule has 0 bridgehead atoms. The molecule has 2 fully saturated rings. The molecule has 1 unspecified atom stereocenters. The molecule has 2 heterocycles. The monoisotopic (exact) mass is 469 g/mol. The molecule has 0 aromatic heterocycles. The fourth-order valence-electron chi connectivity index (χ4n) is 5.21. The molecule has 182 valence electrons. The Morgan fingerprint density at radius 3 is 2.18 bits per heavy atom. The summed E-state index contributed by atoms with van der Waals surface area (Å²) in [6, 6.07) is 9.78. The van der Waals surface area contributed by atoms with Crippen molar-refractivity contribution in [1.82, 2.24) is 15.1 Å². The van der Waals surface area contributed by atoms with Crippen LogP contribution in [0, 0.1) is 17.6 Å². The third kappa shape index (κ3) is 5.46. The third-order valence-electron chi connectivity index (χ3n) is 7.13. The summed E-state index contributed by atoms with van der Waals surface area (Å²) in [7, 11) is 0. The van der Waals surface area contributed by atoms with Crippen LogP contribution in [0.1, 0.15) is 71.9 Å². The van der Waals surface area contributed by atoms with Gasteiger partial charge in [0.1, 0.15) is 11.6 Å². The molecule has 2 amide bonds. The fraction of sp³-hybridized carbons (Fsp3) is 0.481. The number of nitrogens with one attached hydrogen (secondary N) is 1. The van der Waals surface area contributed by atoms with Gasteiger partial charge in [0.2, 0.25) is 0 Å². The van der Waals surface area contributed by atoms with Crippen molar-refractivity contribution in [1.29, 1.82) is 0 Å². The van der Waals surface area contributed by atoms with Crippen molar-refractivity contribution in [2.75, 3.05) is 26.2 Å². The number of benzene rings is 2. The van der Waals surface area contributed by atoms with Crippen molar-refractivity contribution in [2.24, 2.45) is 5.92 Å². The van der Waals surface area contributed by atoms with Crippen LogP contribution in [-0.4, -0.2) is 53.8 Å². The van der Waals surface area contributed by atoms with Crippen molar-refractivity contribution in [3.8, 4) is 0 Å². The molecular weight excluding hydrogens is 436 g/mol. The van der Waals surface area contributed by atoms with Crippen molar-refractivity contribution in [3.05, 3.63) is 70.8 Å². The molecule has 2 aromatic rings. The maximum atomic E-state index is 14.0. The number of rotatable bonds is 5. The average Bonchev–Trinajstić information content (AvgIpc) is 2.83. The van der Waals surface area contributed by atoms with Gasteiger partial charge in [0, 0.05) is 42.4 Å². The molecular formula is C27H33F2N3O2. The highest BCUT2D eigenvalue weighted by molar-refractivity contribution is 5.98. The minimum atomic E-state index is -0.834. The van der Waals surface area contributed by atoms with E-state index >= 15 is 0 Å². The van der Waals surface area contributed by atoms with Gasteiger partial charge in [-0.05, 0) is 81.5 Å². The quantitative estimate of drug-likeness (QED) is 0.685. The second-order valence-electron chi connectivity index (χ2n) is 9.67. The lowest BCUT2D eigenvalue weighted by Crippen LogP contribution is -2.49. The lowest BCUT2D eigenvalue weighted by Gasteiger charge is -2.41. The maximum absolute atomic E-state index is 14.0. The number of nitrogens with zero attached hydrogens (tertiary/aromatic N) is 2. The summed E-state index contributed by atoms with van der Waals surface area (Å²) in [5.74, 6) is -1.14. The number of hydrogen-bond acceptors (Lipinski definition) is 3. The largest absolute Gasteiger partial charge is 0.345 e. The minimum absolute atomic E-state index is 0.0285. The Balaban J connectivity index is 1.32. The molecule has 0 radical (unpaired) electrons. The zero-order valence-corrected chi connectivity index (χ0v) is 19.9. The van der Waals surface area contributed by atoms with Crippen LogP contribution in [0.4, 0.5) is 8.78 Å². The molecule has 2 atom stereocenters. The summed E-state index contributed by atoms with van der Waals surface area (Å²) in [6.07, 6.45) is 4.54. The summed E-state index contributed by atoms with van der Waals surface area (Å²) in [5, 5.41) is 2.63. The number of carbonyl (C=O) groups excluding carboxylic acids is 2. The fourth-order valence-corrected chi connectivity index (χ4v) is 5.21. The molecule has 2 aliphatic rings. The van der Waals surface area contributed by atoms with Crippen molar-refractivity contribution < 1.29 is 18.4 Å². The highest BCUT2D eigenvalue weighted by Gasteiger charge is 2.29. The first-order chi connectivity index (χ1) is 16.3. The Morgan fingerprint density at radius 2 is 1.56 bits per heavy atom. The Labute approximate surface area is 200 Å². The van der Waals surface area contributed by atoms with E-state index in [-0.39, 0.29) is 11.5 Å². The van der Waals surface area contributed by atoms with E-state index in [0.29, 0.717) is 17.2 Å². The highest BCUT2D eigenvalue weighted by atomic mass is 19.1. The molecule has 1 N–H and O–H groups in total. The summed E-state index contributed by atoms with van der Waals surface area (Å²) < 4.78 is 28.0. The first-order valence-electron chi connectivity index (χ1n) is 12.2. The summed E-state index contributed by atoms with van der Waals surface area (Å²) in [5.41, 5.74) is 0.693. The van der Waals surface area contributed by atoms with Gasteiger partial charge in [0.05, 0.1) is 6.04 Å². The lowest BCUT2D eigenvalue weighted by atomic mass is 9.95. The van der Waals surface area contributed by atoms with Gasteiger partial charge in [-0.2, -0.15) is 0 Å². The van der Waals surface area contributed by atoms with Gasteiger partial charge in [-0.1, -0.05) is 13.0 Å². The third-order valence-corrected chi connectivity index (χ3v) is 7.13. The predicted octanol–water partition coefficient (Wildman–Crippen LogP) is 4.79. The number of carbonyl (C=O) groups is 2. The molecule has 2 aromatic carbocycles. The molecule has 34 heavy (non-hydrogen) atoms. The molecule has 7 heteroatoms. The number of hydrogen-bond donors (Lipinski definition) is 1. The zero-order chi connectivity index (χ0) is 24.2. The van der Waals surface area contributed by atoms with E-state index in [0.717, 1.165) is 57.1 Å². The van der Waals surface area contributed by atoms with E-state index in [2.05, 4.69) is 17.1 Å². The molecule has 5 nitrogen and oxygen atoms in total. The van der Waals surface area contributed by atoms with Crippen LogP contribution in [-0.2, 0) is 0 Å².